The van der Waals surface area contributed by atoms with Gasteiger partial charge in [0.25, 0.3) is 0 Å². The molecule has 0 rings (SSSR count). The van der Waals surface area contributed by atoms with Crippen LogP contribution in [0.25, 0.3) is 0 Å². The average molecular weight is 224 g/mol. The molecule has 0 aliphatic carbocycles. The lowest BCUT2D eigenvalue weighted by Crippen LogP contribution is -2.17. The molecule has 0 N–H and O–H groups in total. The summed E-state index contributed by atoms with van der Waals surface area (Å²) >= 11 is 0. The lowest BCUT2D eigenvalue weighted by atomic mass is 9.78. The van der Waals surface area contributed by atoms with Crippen molar-refractivity contribution >= 4 is 0 Å². The van der Waals surface area contributed by atoms with Crippen molar-refractivity contribution in [3.8, 4) is 0 Å². The summed E-state index contributed by atoms with van der Waals surface area (Å²) in [4.78, 5) is 0. The van der Waals surface area contributed by atoms with E-state index in [1.54, 1.807) is 0 Å². The fourth-order valence-electron chi connectivity index (χ4n) is 2.23. The number of hydrogen-bond donors (Lipinski definition) is 0. The Morgan fingerprint density at radius 2 is 1.44 bits per heavy atom. The van der Waals surface area contributed by atoms with Gasteiger partial charge in [-0.25, -0.2) is 0 Å². The van der Waals surface area contributed by atoms with Crippen molar-refractivity contribution in [1.82, 2.24) is 0 Å². The molecule has 0 amide bonds. The molecule has 0 saturated heterocycles. The summed E-state index contributed by atoms with van der Waals surface area (Å²) < 4.78 is 0. The van der Waals surface area contributed by atoms with E-state index in [0.29, 0.717) is 11.3 Å². The Morgan fingerprint density at radius 1 is 0.938 bits per heavy atom. The molecular formula is C16H32. The van der Waals surface area contributed by atoms with Gasteiger partial charge < -0.3 is 0 Å². The third kappa shape index (κ3) is 7.96. The highest BCUT2D eigenvalue weighted by Gasteiger charge is 2.20. The smallest absolute Gasteiger partial charge is 0.0187 e. The van der Waals surface area contributed by atoms with Crippen LogP contribution in [0.3, 0.4) is 0 Å². The molecule has 0 aliphatic rings. The van der Waals surface area contributed by atoms with Crippen LogP contribution in [-0.2, 0) is 0 Å². The second kappa shape index (κ2) is 8.84. The summed E-state index contributed by atoms with van der Waals surface area (Å²) in [6.45, 7) is 13.2. The van der Waals surface area contributed by atoms with E-state index in [0.717, 1.165) is 0 Å². The van der Waals surface area contributed by atoms with Crippen molar-refractivity contribution in [2.45, 2.75) is 79.1 Å². The van der Waals surface area contributed by atoms with E-state index in [1.165, 1.54) is 51.4 Å². The second-order valence-electron chi connectivity index (χ2n) is 6.12. The Bertz CT molecular complexity index is 161. The topological polar surface area (TPSA) is 0 Å². The molecule has 0 heteroatoms. The molecule has 1 unspecified atom stereocenters. The van der Waals surface area contributed by atoms with Gasteiger partial charge in [-0.3, -0.25) is 0 Å². The molecule has 0 bridgehead atoms. The third-order valence-corrected chi connectivity index (χ3v) is 3.52. The molecule has 96 valence electrons. The van der Waals surface area contributed by atoms with E-state index >= 15 is 0 Å². The van der Waals surface area contributed by atoms with E-state index in [2.05, 4.69) is 40.3 Å². The first-order chi connectivity index (χ1) is 7.52. The van der Waals surface area contributed by atoms with Crippen LogP contribution in [0.1, 0.15) is 79.1 Å². The molecule has 0 heterocycles. The quantitative estimate of drug-likeness (QED) is 0.334. The van der Waals surface area contributed by atoms with Gasteiger partial charge in [-0.1, -0.05) is 78.7 Å². The van der Waals surface area contributed by atoms with Gasteiger partial charge >= 0.3 is 0 Å². The molecule has 0 spiro atoms. The average Bonchev–Trinajstić information content (AvgIpc) is 2.20. The normalized spacial score (nSPS) is 13.8. The summed E-state index contributed by atoms with van der Waals surface area (Å²) in [7, 11) is 0. The molecule has 0 aromatic carbocycles. The maximum Gasteiger partial charge on any atom is -0.0187 e. The van der Waals surface area contributed by atoms with Gasteiger partial charge in [0.1, 0.15) is 0 Å². The molecule has 0 nitrogen and oxygen atoms in total. The predicted octanol–water partition coefficient (Wildman–Crippen LogP) is 5.98. The van der Waals surface area contributed by atoms with Crippen molar-refractivity contribution < 1.29 is 0 Å². The highest BCUT2D eigenvalue weighted by molar-refractivity contribution is 4.87. The standard InChI is InChI=1S/C16H32/c1-6-8-9-10-11-12-13-14-15(7-2)16(3,4)5/h7,15H,2,6,8-14H2,1,3-5H3. The first-order valence-corrected chi connectivity index (χ1v) is 7.15. The van der Waals surface area contributed by atoms with Crippen molar-refractivity contribution in [3.05, 3.63) is 12.7 Å². The molecule has 1 atom stereocenters. The Morgan fingerprint density at radius 3 is 1.88 bits per heavy atom. The van der Waals surface area contributed by atoms with Gasteiger partial charge in [0, 0.05) is 0 Å². The summed E-state index contributed by atoms with van der Waals surface area (Å²) in [6, 6.07) is 0. The molecule has 0 fully saturated rings. The Balaban J connectivity index is 3.46. The van der Waals surface area contributed by atoms with E-state index in [9.17, 15) is 0 Å². The van der Waals surface area contributed by atoms with Gasteiger partial charge in [0.2, 0.25) is 0 Å². The van der Waals surface area contributed by atoms with Gasteiger partial charge in [0.15, 0.2) is 0 Å². The van der Waals surface area contributed by atoms with E-state index < -0.39 is 0 Å². The minimum absolute atomic E-state index is 0.393. The minimum Gasteiger partial charge on any atom is -0.103 e. The second-order valence-corrected chi connectivity index (χ2v) is 6.12. The maximum absolute atomic E-state index is 3.97. The molecule has 0 aromatic heterocycles. The minimum atomic E-state index is 0.393. The first kappa shape index (κ1) is 15.7. The van der Waals surface area contributed by atoms with E-state index in [4.69, 9.17) is 0 Å². The van der Waals surface area contributed by atoms with Gasteiger partial charge in [0.05, 0.1) is 0 Å². The highest BCUT2D eigenvalue weighted by atomic mass is 14.3. The van der Waals surface area contributed by atoms with Crippen LogP contribution in [0.2, 0.25) is 0 Å². The molecule has 0 aromatic rings. The molecule has 16 heavy (non-hydrogen) atoms. The third-order valence-electron chi connectivity index (χ3n) is 3.52. The zero-order valence-corrected chi connectivity index (χ0v) is 12.0. The largest absolute Gasteiger partial charge is 0.103 e. The lowest BCUT2D eigenvalue weighted by molar-refractivity contribution is 0.271. The van der Waals surface area contributed by atoms with Crippen LogP contribution in [0, 0.1) is 11.3 Å². The van der Waals surface area contributed by atoms with E-state index in [-0.39, 0.29) is 0 Å². The van der Waals surface area contributed by atoms with Crippen LogP contribution in [-0.4, -0.2) is 0 Å². The first-order valence-electron chi connectivity index (χ1n) is 7.15. The van der Waals surface area contributed by atoms with Crippen molar-refractivity contribution in [1.29, 1.82) is 0 Å². The van der Waals surface area contributed by atoms with Crippen LogP contribution in [0.5, 0.6) is 0 Å². The summed E-state index contributed by atoms with van der Waals surface area (Å²) in [5.41, 5.74) is 0.393. The van der Waals surface area contributed by atoms with Crippen LogP contribution < -0.4 is 0 Å². The summed E-state index contributed by atoms with van der Waals surface area (Å²) in [5.74, 6) is 0.683. The number of unbranched alkanes of at least 4 members (excludes halogenated alkanes) is 6. The Hall–Kier alpha value is -0.260. The number of hydrogen-bond acceptors (Lipinski definition) is 0. The number of allylic oxidation sites excluding steroid dienone is 1. The van der Waals surface area contributed by atoms with Crippen molar-refractivity contribution in [3.63, 3.8) is 0 Å². The zero-order chi connectivity index (χ0) is 12.4. The summed E-state index contributed by atoms with van der Waals surface area (Å²) in [6.07, 6.45) is 13.3. The predicted molar refractivity (Wildman–Crippen MR) is 75.8 cm³/mol. The fraction of sp³-hybridized carbons (Fsp3) is 0.875. The van der Waals surface area contributed by atoms with E-state index in [1.807, 2.05) is 0 Å². The highest BCUT2D eigenvalue weighted by Crippen LogP contribution is 2.31. The SMILES string of the molecule is C=CC(CCCCCCCCC)C(C)(C)C. The lowest BCUT2D eigenvalue weighted by Gasteiger charge is -2.27. The molecule has 0 saturated carbocycles. The monoisotopic (exact) mass is 224 g/mol. The van der Waals surface area contributed by atoms with Gasteiger partial charge in [-0.2, -0.15) is 0 Å². The maximum atomic E-state index is 3.97. The Labute approximate surface area is 104 Å². The molecule has 0 aliphatic heterocycles. The van der Waals surface area contributed by atoms with Gasteiger partial charge in [-0.05, 0) is 17.8 Å². The van der Waals surface area contributed by atoms with Crippen LogP contribution in [0.4, 0.5) is 0 Å². The fourth-order valence-corrected chi connectivity index (χ4v) is 2.23. The Kier molecular flexibility index (Phi) is 8.70. The zero-order valence-electron chi connectivity index (χ0n) is 12.0. The summed E-state index contributed by atoms with van der Waals surface area (Å²) in [5, 5.41) is 0. The molecule has 0 radical (unpaired) electrons. The van der Waals surface area contributed by atoms with Crippen molar-refractivity contribution in [2.24, 2.45) is 11.3 Å². The number of rotatable bonds is 9. The van der Waals surface area contributed by atoms with Crippen molar-refractivity contribution in [2.75, 3.05) is 0 Å². The van der Waals surface area contributed by atoms with Crippen LogP contribution >= 0.6 is 0 Å². The van der Waals surface area contributed by atoms with Gasteiger partial charge in [-0.15, -0.1) is 6.58 Å². The molecular weight excluding hydrogens is 192 g/mol. The van der Waals surface area contributed by atoms with Crippen LogP contribution in [0.15, 0.2) is 12.7 Å².